The first-order valence-corrected chi connectivity index (χ1v) is 3.63. The van der Waals surface area contributed by atoms with Crippen molar-refractivity contribution in [3.05, 3.63) is 0 Å². The highest BCUT2D eigenvalue weighted by Gasteiger charge is 2.16. The molecule has 66 valence electrons. The van der Waals surface area contributed by atoms with Gasteiger partial charge in [-0.25, -0.2) is 0 Å². The summed E-state index contributed by atoms with van der Waals surface area (Å²) in [6.07, 6.45) is 1.13. The van der Waals surface area contributed by atoms with Gasteiger partial charge in [0.15, 0.2) is 0 Å². The Morgan fingerprint density at radius 2 is 2.27 bits per heavy atom. The summed E-state index contributed by atoms with van der Waals surface area (Å²) in [4.78, 5) is 10.3. The molecule has 0 spiro atoms. The van der Waals surface area contributed by atoms with E-state index in [1.165, 1.54) is 0 Å². The fourth-order valence-electron chi connectivity index (χ4n) is 0.814. The third kappa shape index (κ3) is 3.95. The lowest BCUT2D eigenvalue weighted by molar-refractivity contribution is -0.139. The van der Waals surface area contributed by atoms with Crippen molar-refractivity contribution in [3.63, 3.8) is 0 Å². The molecular formula is C7H15NO3. The van der Waals surface area contributed by atoms with Crippen LogP contribution < -0.4 is 5.73 Å². The van der Waals surface area contributed by atoms with Gasteiger partial charge in [-0.05, 0) is 12.8 Å². The summed E-state index contributed by atoms with van der Waals surface area (Å²) in [5, 5.41) is 8.44. The summed E-state index contributed by atoms with van der Waals surface area (Å²) < 4.78 is 4.98. The number of ether oxygens (including phenoxy) is 1. The lowest BCUT2D eigenvalue weighted by Gasteiger charge is -2.14. The summed E-state index contributed by atoms with van der Waals surface area (Å²) in [5.74, 6) is -0.972. The Kier molecular flexibility index (Phi) is 4.81. The molecule has 0 saturated heterocycles. The number of nitrogens with two attached hydrogens (primary N) is 1. The minimum absolute atomic E-state index is 0.0406. The molecule has 0 aromatic carbocycles. The van der Waals surface area contributed by atoms with Crippen molar-refractivity contribution in [2.75, 3.05) is 7.11 Å². The van der Waals surface area contributed by atoms with Crippen molar-refractivity contribution in [1.82, 2.24) is 0 Å². The highest BCUT2D eigenvalue weighted by Crippen LogP contribution is 2.04. The van der Waals surface area contributed by atoms with Crippen LogP contribution in [-0.4, -0.2) is 30.3 Å². The van der Waals surface area contributed by atoms with E-state index < -0.39 is 12.0 Å². The van der Waals surface area contributed by atoms with E-state index in [1.54, 1.807) is 7.11 Å². The molecule has 4 heteroatoms. The quantitative estimate of drug-likeness (QED) is 0.604. The number of carboxylic acid groups (broad SMARTS) is 1. The van der Waals surface area contributed by atoms with Crippen molar-refractivity contribution in [2.45, 2.75) is 31.9 Å². The number of methoxy groups -OCH3 is 1. The molecule has 0 aliphatic heterocycles. The normalized spacial score (nSPS) is 15.9. The molecule has 0 fully saturated rings. The highest BCUT2D eigenvalue weighted by atomic mass is 16.5. The molecule has 0 amide bonds. The van der Waals surface area contributed by atoms with Gasteiger partial charge in [-0.15, -0.1) is 0 Å². The van der Waals surface area contributed by atoms with Crippen molar-refractivity contribution in [1.29, 1.82) is 0 Å². The largest absolute Gasteiger partial charge is 0.480 e. The van der Waals surface area contributed by atoms with Crippen LogP contribution in [0.5, 0.6) is 0 Å². The van der Waals surface area contributed by atoms with Crippen LogP contribution in [-0.2, 0) is 9.53 Å². The molecule has 0 aromatic heterocycles. The molecule has 0 radical (unpaired) electrons. The van der Waals surface area contributed by atoms with Gasteiger partial charge in [-0.3, -0.25) is 4.79 Å². The van der Waals surface area contributed by atoms with Crippen molar-refractivity contribution in [2.24, 2.45) is 5.73 Å². The Bertz CT molecular complexity index is 123. The zero-order chi connectivity index (χ0) is 8.85. The van der Waals surface area contributed by atoms with Crippen LogP contribution in [0.15, 0.2) is 0 Å². The standard InChI is InChI=1S/C7H15NO3/c1-3-5(11-2)4-6(8)7(9)10/h5-6H,3-4,8H2,1-2H3,(H,9,10)/t5?,6-/m1/s1. The van der Waals surface area contributed by atoms with Crippen LogP contribution in [0.25, 0.3) is 0 Å². The van der Waals surface area contributed by atoms with Crippen LogP contribution in [0.3, 0.4) is 0 Å². The van der Waals surface area contributed by atoms with Gasteiger partial charge < -0.3 is 15.6 Å². The lowest BCUT2D eigenvalue weighted by atomic mass is 10.1. The molecule has 0 bridgehead atoms. The predicted molar refractivity (Wildman–Crippen MR) is 41.3 cm³/mol. The Hall–Kier alpha value is -0.610. The summed E-state index contributed by atoms with van der Waals surface area (Å²) in [7, 11) is 1.56. The molecule has 2 atom stereocenters. The number of hydrogen-bond donors (Lipinski definition) is 2. The number of aliphatic carboxylic acids is 1. The maximum atomic E-state index is 10.3. The van der Waals surface area contributed by atoms with E-state index in [-0.39, 0.29) is 6.10 Å². The minimum atomic E-state index is -0.972. The monoisotopic (exact) mass is 161 g/mol. The number of hydrogen-bond acceptors (Lipinski definition) is 3. The minimum Gasteiger partial charge on any atom is -0.480 e. The first-order valence-electron chi connectivity index (χ1n) is 3.63. The lowest BCUT2D eigenvalue weighted by Crippen LogP contribution is -2.34. The van der Waals surface area contributed by atoms with Gasteiger partial charge in [0.05, 0.1) is 6.10 Å². The van der Waals surface area contributed by atoms with Gasteiger partial charge >= 0.3 is 5.97 Å². The average Bonchev–Trinajstić information content (AvgIpc) is 1.99. The zero-order valence-electron chi connectivity index (χ0n) is 6.91. The van der Waals surface area contributed by atoms with Crippen LogP contribution in [0.2, 0.25) is 0 Å². The third-order valence-corrected chi connectivity index (χ3v) is 1.62. The molecule has 0 rings (SSSR count). The van der Waals surface area contributed by atoms with Crippen molar-refractivity contribution in [3.8, 4) is 0 Å². The van der Waals surface area contributed by atoms with Crippen LogP contribution in [0.4, 0.5) is 0 Å². The van der Waals surface area contributed by atoms with E-state index in [0.717, 1.165) is 6.42 Å². The van der Waals surface area contributed by atoms with E-state index >= 15 is 0 Å². The van der Waals surface area contributed by atoms with Gasteiger partial charge in [0.1, 0.15) is 6.04 Å². The second-order valence-electron chi connectivity index (χ2n) is 2.45. The van der Waals surface area contributed by atoms with E-state index in [9.17, 15) is 4.79 Å². The fourth-order valence-corrected chi connectivity index (χ4v) is 0.814. The maximum Gasteiger partial charge on any atom is 0.320 e. The molecule has 0 aliphatic carbocycles. The first-order chi connectivity index (χ1) is 5.11. The fraction of sp³-hybridized carbons (Fsp3) is 0.857. The predicted octanol–water partition coefficient (Wildman–Crippen LogP) is 0.213. The second-order valence-corrected chi connectivity index (χ2v) is 2.45. The SMILES string of the molecule is CCC(C[C@@H](N)C(=O)O)OC. The molecule has 0 aliphatic rings. The van der Waals surface area contributed by atoms with Crippen LogP contribution in [0, 0.1) is 0 Å². The molecule has 11 heavy (non-hydrogen) atoms. The number of rotatable bonds is 5. The van der Waals surface area contributed by atoms with Gasteiger partial charge in [0, 0.05) is 7.11 Å². The molecule has 1 unspecified atom stereocenters. The Morgan fingerprint density at radius 1 is 1.73 bits per heavy atom. The zero-order valence-corrected chi connectivity index (χ0v) is 6.91. The second kappa shape index (κ2) is 5.09. The molecule has 0 heterocycles. The number of carbonyl (C=O) groups is 1. The molecule has 0 aromatic rings. The Balaban J connectivity index is 3.71. The summed E-state index contributed by atoms with van der Waals surface area (Å²) in [5.41, 5.74) is 5.29. The Labute approximate surface area is 66.3 Å². The van der Waals surface area contributed by atoms with Crippen molar-refractivity contribution < 1.29 is 14.6 Å². The average molecular weight is 161 g/mol. The molecule has 0 saturated carbocycles. The van der Waals surface area contributed by atoms with Crippen LogP contribution >= 0.6 is 0 Å². The molecule has 4 nitrogen and oxygen atoms in total. The van der Waals surface area contributed by atoms with E-state index in [1.807, 2.05) is 6.92 Å². The van der Waals surface area contributed by atoms with E-state index in [4.69, 9.17) is 15.6 Å². The number of carboxylic acids is 1. The molecular weight excluding hydrogens is 146 g/mol. The topological polar surface area (TPSA) is 72.6 Å². The van der Waals surface area contributed by atoms with Crippen LogP contribution in [0.1, 0.15) is 19.8 Å². The van der Waals surface area contributed by atoms with Gasteiger partial charge in [-0.2, -0.15) is 0 Å². The smallest absolute Gasteiger partial charge is 0.320 e. The highest BCUT2D eigenvalue weighted by molar-refractivity contribution is 5.73. The maximum absolute atomic E-state index is 10.3. The van der Waals surface area contributed by atoms with Crippen molar-refractivity contribution >= 4 is 5.97 Å². The molecule has 3 N–H and O–H groups in total. The summed E-state index contributed by atoms with van der Waals surface area (Å²) >= 11 is 0. The van der Waals surface area contributed by atoms with E-state index in [0.29, 0.717) is 6.42 Å². The summed E-state index contributed by atoms with van der Waals surface area (Å²) in [6, 6.07) is -0.806. The third-order valence-electron chi connectivity index (χ3n) is 1.62. The Morgan fingerprint density at radius 3 is 2.55 bits per heavy atom. The van der Waals surface area contributed by atoms with Gasteiger partial charge in [0.25, 0.3) is 0 Å². The van der Waals surface area contributed by atoms with Gasteiger partial charge in [-0.1, -0.05) is 6.92 Å². The van der Waals surface area contributed by atoms with E-state index in [2.05, 4.69) is 0 Å². The first kappa shape index (κ1) is 10.4. The summed E-state index contributed by atoms with van der Waals surface area (Å²) in [6.45, 7) is 1.93. The van der Waals surface area contributed by atoms with Gasteiger partial charge in [0.2, 0.25) is 0 Å².